The van der Waals surface area contributed by atoms with Crippen molar-refractivity contribution in [2.75, 3.05) is 6.54 Å². The predicted molar refractivity (Wildman–Crippen MR) is 70.5 cm³/mol. The van der Waals surface area contributed by atoms with Crippen LogP contribution in [0.5, 0.6) is 0 Å². The Bertz CT molecular complexity index is 318. The van der Waals surface area contributed by atoms with Crippen LogP contribution in [0.15, 0.2) is 0 Å². The number of urea groups is 1. The maximum absolute atomic E-state index is 11.4. The van der Waals surface area contributed by atoms with Crippen LogP contribution in [0.1, 0.15) is 39.5 Å². The molecule has 0 aliphatic carbocycles. The Morgan fingerprint density at radius 3 is 2.32 bits per heavy atom. The third kappa shape index (κ3) is 9.87. The quantitative estimate of drug-likeness (QED) is 0.455. The number of aliphatic carboxylic acids is 1. The Hall–Kier alpha value is -1.79. The van der Waals surface area contributed by atoms with Gasteiger partial charge in [-0.05, 0) is 25.2 Å². The fourth-order valence-corrected chi connectivity index (χ4v) is 1.47. The topological polar surface area (TPSA) is 122 Å². The summed E-state index contributed by atoms with van der Waals surface area (Å²) in [7, 11) is 0. The van der Waals surface area contributed by atoms with Crippen LogP contribution in [0.25, 0.3) is 0 Å². The summed E-state index contributed by atoms with van der Waals surface area (Å²) < 4.78 is 0. The van der Waals surface area contributed by atoms with E-state index in [0.29, 0.717) is 12.5 Å². The number of primary amides is 1. The largest absolute Gasteiger partial charge is 0.480 e. The van der Waals surface area contributed by atoms with Gasteiger partial charge in [0, 0.05) is 13.0 Å². The summed E-state index contributed by atoms with van der Waals surface area (Å²) in [5.74, 6) is -1.21. The number of hydrogen-bond acceptors (Lipinski definition) is 3. The fourth-order valence-electron chi connectivity index (χ4n) is 1.47. The smallest absolute Gasteiger partial charge is 0.326 e. The molecule has 7 heteroatoms. The molecule has 0 fully saturated rings. The van der Waals surface area contributed by atoms with E-state index in [4.69, 9.17) is 10.8 Å². The van der Waals surface area contributed by atoms with E-state index in [9.17, 15) is 14.4 Å². The van der Waals surface area contributed by atoms with Gasteiger partial charge in [0.05, 0.1) is 0 Å². The van der Waals surface area contributed by atoms with Gasteiger partial charge < -0.3 is 21.5 Å². The molecule has 0 aromatic carbocycles. The average Bonchev–Trinajstić information content (AvgIpc) is 2.29. The maximum atomic E-state index is 11.4. The molecule has 5 N–H and O–H groups in total. The molecule has 0 unspecified atom stereocenters. The van der Waals surface area contributed by atoms with Gasteiger partial charge in [-0.2, -0.15) is 0 Å². The number of carboxylic acid groups (broad SMARTS) is 1. The highest BCUT2D eigenvalue weighted by atomic mass is 16.4. The van der Waals surface area contributed by atoms with Crippen molar-refractivity contribution in [1.82, 2.24) is 10.6 Å². The first-order valence-corrected chi connectivity index (χ1v) is 6.38. The maximum Gasteiger partial charge on any atom is 0.326 e. The van der Waals surface area contributed by atoms with E-state index in [0.717, 1.165) is 12.8 Å². The number of rotatable bonds is 9. The molecule has 0 heterocycles. The first kappa shape index (κ1) is 17.2. The van der Waals surface area contributed by atoms with E-state index in [2.05, 4.69) is 24.5 Å². The van der Waals surface area contributed by atoms with Crippen LogP contribution in [0.2, 0.25) is 0 Å². The van der Waals surface area contributed by atoms with E-state index in [1.807, 2.05) is 0 Å². The van der Waals surface area contributed by atoms with Crippen molar-refractivity contribution in [3.8, 4) is 0 Å². The Morgan fingerprint density at radius 1 is 1.21 bits per heavy atom. The summed E-state index contributed by atoms with van der Waals surface area (Å²) in [4.78, 5) is 32.9. The van der Waals surface area contributed by atoms with E-state index in [-0.39, 0.29) is 12.8 Å². The average molecular weight is 273 g/mol. The number of carbonyl (C=O) groups is 3. The van der Waals surface area contributed by atoms with Gasteiger partial charge in [-0.3, -0.25) is 4.79 Å². The van der Waals surface area contributed by atoms with E-state index in [1.165, 1.54) is 0 Å². The minimum absolute atomic E-state index is 0.00984. The Kier molecular flexibility index (Phi) is 8.32. The Labute approximate surface area is 112 Å². The van der Waals surface area contributed by atoms with Crippen LogP contribution in [-0.4, -0.2) is 35.6 Å². The van der Waals surface area contributed by atoms with Gasteiger partial charge in [-0.25, -0.2) is 9.59 Å². The normalized spacial score (nSPS) is 11.9. The number of nitrogens with two attached hydrogens (primary N) is 1. The molecule has 3 amide bonds. The van der Waals surface area contributed by atoms with Crippen molar-refractivity contribution >= 4 is 17.9 Å². The standard InChI is InChI=1S/C12H23N3O4/c1-8(2)4-3-7-14-12(19)15-9(11(17)18)5-6-10(13)16/h8-9H,3-7H2,1-2H3,(H2,13,16)(H,17,18)(H2,14,15,19)/t9-/m1/s1. The van der Waals surface area contributed by atoms with Gasteiger partial charge in [-0.1, -0.05) is 13.8 Å². The van der Waals surface area contributed by atoms with Crippen molar-refractivity contribution in [3.63, 3.8) is 0 Å². The number of hydrogen-bond donors (Lipinski definition) is 4. The first-order chi connectivity index (χ1) is 8.82. The summed E-state index contributed by atoms with van der Waals surface area (Å²) in [6, 6.07) is -1.64. The molecule has 0 saturated carbocycles. The van der Waals surface area contributed by atoms with E-state index >= 15 is 0 Å². The molecule has 0 bridgehead atoms. The van der Waals surface area contributed by atoms with Crippen LogP contribution < -0.4 is 16.4 Å². The minimum Gasteiger partial charge on any atom is -0.480 e. The zero-order chi connectivity index (χ0) is 14.8. The number of nitrogens with one attached hydrogen (secondary N) is 2. The minimum atomic E-state index is -1.18. The number of amides is 3. The third-order valence-corrected chi connectivity index (χ3v) is 2.53. The van der Waals surface area contributed by atoms with Gasteiger partial charge in [-0.15, -0.1) is 0 Å². The van der Waals surface area contributed by atoms with Crippen LogP contribution in [0, 0.1) is 5.92 Å². The number of carboxylic acids is 1. The van der Waals surface area contributed by atoms with Gasteiger partial charge in [0.1, 0.15) is 6.04 Å². The first-order valence-electron chi connectivity index (χ1n) is 6.38. The lowest BCUT2D eigenvalue weighted by Crippen LogP contribution is -2.46. The SMILES string of the molecule is CC(C)CCCNC(=O)N[C@H](CCC(N)=O)C(=O)O. The highest BCUT2D eigenvalue weighted by molar-refractivity contribution is 5.83. The molecule has 19 heavy (non-hydrogen) atoms. The Balaban J connectivity index is 3.96. The molecule has 0 aliphatic heterocycles. The second-order valence-electron chi connectivity index (χ2n) is 4.83. The third-order valence-electron chi connectivity index (χ3n) is 2.53. The second kappa shape index (κ2) is 9.18. The summed E-state index contributed by atoms with van der Waals surface area (Å²) in [5.41, 5.74) is 4.94. The van der Waals surface area contributed by atoms with Crippen molar-refractivity contribution in [1.29, 1.82) is 0 Å². The number of carbonyl (C=O) groups excluding carboxylic acids is 2. The molecule has 1 atom stereocenters. The molecule has 0 spiro atoms. The molecule has 0 rings (SSSR count). The molecule has 0 radical (unpaired) electrons. The molecule has 7 nitrogen and oxygen atoms in total. The zero-order valence-electron chi connectivity index (χ0n) is 11.4. The van der Waals surface area contributed by atoms with Gasteiger partial charge in [0.2, 0.25) is 5.91 Å². The summed E-state index contributed by atoms with van der Waals surface area (Å²) in [6.45, 7) is 4.67. The Morgan fingerprint density at radius 2 is 1.84 bits per heavy atom. The van der Waals surface area contributed by atoms with Crippen LogP contribution in [0.3, 0.4) is 0 Å². The molecule has 110 valence electrons. The second-order valence-corrected chi connectivity index (χ2v) is 4.83. The van der Waals surface area contributed by atoms with Crippen LogP contribution in [-0.2, 0) is 9.59 Å². The van der Waals surface area contributed by atoms with Crippen LogP contribution in [0.4, 0.5) is 4.79 Å². The van der Waals surface area contributed by atoms with Crippen molar-refractivity contribution in [3.05, 3.63) is 0 Å². The van der Waals surface area contributed by atoms with E-state index in [1.54, 1.807) is 0 Å². The monoisotopic (exact) mass is 273 g/mol. The lowest BCUT2D eigenvalue weighted by atomic mass is 10.1. The van der Waals surface area contributed by atoms with Gasteiger partial charge in [0.15, 0.2) is 0 Å². The van der Waals surface area contributed by atoms with Crippen molar-refractivity contribution < 1.29 is 19.5 Å². The highest BCUT2D eigenvalue weighted by Gasteiger charge is 2.20. The summed E-state index contributed by atoms with van der Waals surface area (Å²) in [5, 5.41) is 13.8. The summed E-state index contributed by atoms with van der Waals surface area (Å²) in [6.07, 6.45) is 1.74. The summed E-state index contributed by atoms with van der Waals surface area (Å²) >= 11 is 0. The molecular formula is C12H23N3O4. The van der Waals surface area contributed by atoms with Gasteiger partial charge in [0.25, 0.3) is 0 Å². The molecule has 0 saturated heterocycles. The van der Waals surface area contributed by atoms with E-state index < -0.39 is 23.9 Å². The highest BCUT2D eigenvalue weighted by Crippen LogP contribution is 2.02. The predicted octanol–water partition coefficient (Wildman–Crippen LogP) is 0.441. The zero-order valence-corrected chi connectivity index (χ0v) is 11.4. The molecular weight excluding hydrogens is 250 g/mol. The van der Waals surface area contributed by atoms with Crippen molar-refractivity contribution in [2.45, 2.75) is 45.6 Å². The molecule has 0 aliphatic rings. The molecule has 0 aromatic rings. The lowest BCUT2D eigenvalue weighted by molar-refractivity contribution is -0.139. The van der Waals surface area contributed by atoms with Crippen molar-refractivity contribution in [2.24, 2.45) is 11.7 Å². The van der Waals surface area contributed by atoms with Crippen LogP contribution >= 0.6 is 0 Å². The molecule has 0 aromatic heterocycles. The lowest BCUT2D eigenvalue weighted by Gasteiger charge is -2.14. The van der Waals surface area contributed by atoms with Gasteiger partial charge >= 0.3 is 12.0 Å². The fraction of sp³-hybridized carbons (Fsp3) is 0.750.